The maximum atomic E-state index is 9.97. The highest BCUT2D eigenvalue weighted by molar-refractivity contribution is 7.98. The van der Waals surface area contributed by atoms with Crippen molar-refractivity contribution in [3.63, 3.8) is 0 Å². The van der Waals surface area contributed by atoms with Crippen LogP contribution in [0.5, 0.6) is 5.75 Å². The second-order valence-corrected chi connectivity index (χ2v) is 6.00. The number of hydrogen-bond acceptors (Lipinski definition) is 6. The second-order valence-electron chi connectivity index (χ2n) is 5.13. The molecule has 0 saturated carbocycles. The maximum Gasteiger partial charge on any atom is 0.137 e. The van der Waals surface area contributed by atoms with Crippen LogP contribution < -0.4 is 10.1 Å². The van der Waals surface area contributed by atoms with E-state index in [1.807, 2.05) is 12.3 Å². The minimum absolute atomic E-state index is 0.0936. The zero-order valence-corrected chi connectivity index (χ0v) is 13.2. The molecule has 1 aromatic carbocycles. The molecule has 0 spiro atoms. The average molecular weight is 310 g/mol. The van der Waals surface area contributed by atoms with Gasteiger partial charge in [-0.3, -0.25) is 0 Å². The van der Waals surface area contributed by atoms with E-state index >= 15 is 0 Å². The molecule has 0 radical (unpaired) electrons. The van der Waals surface area contributed by atoms with E-state index in [1.54, 1.807) is 43.0 Å². The van der Waals surface area contributed by atoms with Crippen molar-refractivity contribution in [2.24, 2.45) is 0 Å². The number of para-hydroxylation sites is 1. The van der Waals surface area contributed by atoms with Gasteiger partial charge in [-0.05, 0) is 25.3 Å². The first-order valence-corrected chi connectivity index (χ1v) is 8.10. The first kappa shape index (κ1) is 17.8. The van der Waals surface area contributed by atoms with Gasteiger partial charge in [0, 0.05) is 18.8 Å². The Morgan fingerprint density at radius 3 is 2.86 bits per heavy atom. The van der Waals surface area contributed by atoms with E-state index < -0.39 is 11.7 Å². The van der Waals surface area contributed by atoms with Gasteiger partial charge in [0.1, 0.15) is 24.5 Å². The predicted molar refractivity (Wildman–Crippen MR) is 84.5 cm³/mol. The Morgan fingerprint density at radius 2 is 2.19 bits per heavy atom. The molecule has 0 amide bonds. The summed E-state index contributed by atoms with van der Waals surface area (Å²) in [6.07, 6.45) is 1.23. The summed E-state index contributed by atoms with van der Waals surface area (Å²) in [5.41, 5.74) is -0.353. The van der Waals surface area contributed by atoms with Crippen LogP contribution in [-0.2, 0) is 0 Å². The summed E-state index contributed by atoms with van der Waals surface area (Å²) in [5, 5.41) is 31.8. The summed E-state index contributed by atoms with van der Waals surface area (Å²) in [5.74, 6) is 1.09. The Balaban J connectivity index is 2.32. The smallest absolute Gasteiger partial charge is 0.137 e. The van der Waals surface area contributed by atoms with Crippen LogP contribution in [-0.4, -0.2) is 53.6 Å². The van der Waals surface area contributed by atoms with E-state index in [9.17, 15) is 10.2 Å². The lowest BCUT2D eigenvalue weighted by atomic mass is 10.1. The minimum atomic E-state index is -0.798. The molecular formula is C15H22N2O3S. The summed E-state index contributed by atoms with van der Waals surface area (Å²) >= 11 is 1.57. The lowest BCUT2D eigenvalue weighted by Crippen LogP contribution is -2.43. The number of nitrogens with zero attached hydrogens (tertiary/aromatic N) is 1. The van der Waals surface area contributed by atoms with Crippen molar-refractivity contribution in [1.29, 1.82) is 5.26 Å². The van der Waals surface area contributed by atoms with Crippen LogP contribution in [0.25, 0.3) is 0 Å². The van der Waals surface area contributed by atoms with E-state index in [-0.39, 0.29) is 6.61 Å². The molecule has 0 aliphatic rings. The van der Waals surface area contributed by atoms with Gasteiger partial charge in [0.15, 0.2) is 0 Å². The molecule has 0 heterocycles. The van der Waals surface area contributed by atoms with Crippen molar-refractivity contribution in [3.05, 3.63) is 29.8 Å². The Morgan fingerprint density at radius 1 is 1.48 bits per heavy atom. The Bertz CT molecular complexity index is 474. The first-order chi connectivity index (χ1) is 9.98. The van der Waals surface area contributed by atoms with E-state index in [0.29, 0.717) is 30.2 Å². The lowest BCUT2D eigenvalue weighted by molar-refractivity contribution is 0.0701. The van der Waals surface area contributed by atoms with Crippen molar-refractivity contribution >= 4 is 11.8 Å². The molecule has 0 aliphatic carbocycles. The van der Waals surface area contributed by atoms with E-state index in [2.05, 4.69) is 5.32 Å². The minimum Gasteiger partial charge on any atom is -0.489 e. The molecule has 6 heteroatoms. The van der Waals surface area contributed by atoms with Gasteiger partial charge >= 0.3 is 0 Å². The Kier molecular flexibility index (Phi) is 7.54. The third-order valence-corrected chi connectivity index (χ3v) is 3.69. The maximum absolute atomic E-state index is 9.97. The third-order valence-electron chi connectivity index (χ3n) is 2.78. The molecule has 2 atom stereocenters. The number of rotatable bonds is 9. The largest absolute Gasteiger partial charge is 0.489 e. The average Bonchev–Trinajstić information content (AvgIpc) is 2.45. The van der Waals surface area contributed by atoms with Gasteiger partial charge in [0.2, 0.25) is 0 Å². The van der Waals surface area contributed by atoms with Gasteiger partial charge in [0.25, 0.3) is 0 Å². The number of benzene rings is 1. The highest BCUT2D eigenvalue weighted by atomic mass is 32.2. The van der Waals surface area contributed by atoms with Crippen LogP contribution in [0.15, 0.2) is 24.3 Å². The van der Waals surface area contributed by atoms with E-state index in [4.69, 9.17) is 10.00 Å². The van der Waals surface area contributed by atoms with Crippen molar-refractivity contribution in [3.8, 4) is 11.8 Å². The number of nitrogens with one attached hydrogen (secondary N) is 1. The molecule has 116 valence electrons. The van der Waals surface area contributed by atoms with Gasteiger partial charge in [-0.15, -0.1) is 0 Å². The summed E-state index contributed by atoms with van der Waals surface area (Å²) in [7, 11) is 0. The molecule has 21 heavy (non-hydrogen) atoms. The Hall–Kier alpha value is -1.26. The van der Waals surface area contributed by atoms with Crippen LogP contribution in [0.2, 0.25) is 0 Å². The fraction of sp³-hybridized carbons (Fsp3) is 0.533. The lowest BCUT2D eigenvalue weighted by Gasteiger charge is -2.23. The summed E-state index contributed by atoms with van der Waals surface area (Å²) in [6.45, 7) is 2.57. The van der Waals surface area contributed by atoms with Crippen molar-refractivity contribution < 1.29 is 14.9 Å². The molecule has 2 unspecified atom stereocenters. The molecule has 0 bridgehead atoms. The zero-order chi connectivity index (χ0) is 15.7. The molecule has 0 aliphatic heterocycles. The second kappa shape index (κ2) is 8.90. The molecule has 1 aromatic rings. The van der Waals surface area contributed by atoms with Gasteiger partial charge in [-0.25, -0.2) is 0 Å². The standard InChI is InChI=1S/C15H22N2O3S/c1-15(19,11-21-2)10-17-8-13(18)9-20-14-6-4-3-5-12(14)7-16/h3-6,13,17-19H,8-11H2,1-2H3. The van der Waals surface area contributed by atoms with E-state index in [1.165, 1.54) is 0 Å². The topological polar surface area (TPSA) is 85.5 Å². The molecule has 0 saturated heterocycles. The molecule has 1 rings (SSSR count). The van der Waals surface area contributed by atoms with Crippen molar-refractivity contribution in [2.45, 2.75) is 18.6 Å². The molecule has 0 aromatic heterocycles. The summed E-state index contributed by atoms with van der Waals surface area (Å²) in [6, 6.07) is 8.94. The molecule has 3 N–H and O–H groups in total. The fourth-order valence-corrected chi connectivity index (χ4v) is 2.52. The van der Waals surface area contributed by atoms with Gasteiger partial charge in [0.05, 0.1) is 11.2 Å². The van der Waals surface area contributed by atoms with Gasteiger partial charge < -0.3 is 20.3 Å². The SMILES string of the molecule is CSCC(C)(O)CNCC(O)COc1ccccc1C#N. The highest BCUT2D eigenvalue weighted by Crippen LogP contribution is 2.16. The Labute approximate surface area is 129 Å². The van der Waals surface area contributed by atoms with Gasteiger partial charge in [-0.1, -0.05) is 12.1 Å². The number of aliphatic hydroxyl groups is 2. The van der Waals surface area contributed by atoms with Crippen molar-refractivity contribution in [1.82, 2.24) is 5.32 Å². The van der Waals surface area contributed by atoms with Crippen LogP contribution in [0.1, 0.15) is 12.5 Å². The summed E-state index contributed by atoms with van der Waals surface area (Å²) < 4.78 is 5.44. The van der Waals surface area contributed by atoms with Gasteiger partial charge in [-0.2, -0.15) is 17.0 Å². The zero-order valence-electron chi connectivity index (χ0n) is 12.4. The van der Waals surface area contributed by atoms with Crippen LogP contribution >= 0.6 is 11.8 Å². The fourth-order valence-electron chi connectivity index (χ4n) is 1.80. The van der Waals surface area contributed by atoms with Crippen LogP contribution in [0.4, 0.5) is 0 Å². The highest BCUT2D eigenvalue weighted by Gasteiger charge is 2.19. The normalized spacial score (nSPS) is 15.0. The van der Waals surface area contributed by atoms with Crippen molar-refractivity contribution in [2.75, 3.05) is 31.7 Å². The number of nitriles is 1. The predicted octanol–water partition coefficient (Wildman–Crippen LogP) is 1.00. The van der Waals surface area contributed by atoms with E-state index in [0.717, 1.165) is 0 Å². The number of aliphatic hydroxyl groups excluding tert-OH is 1. The van der Waals surface area contributed by atoms with Crippen LogP contribution in [0.3, 0.4) is 0 Å². The quantitative estimate of drug-likeness (QED) is 0.631. The molecule has 0 fully saturated rings. The summed E-state index contributed by atoms with van der Waals surface area (Å²) in [4.78, 5) is 0. The third kappa shape index (κ3) is 6.82. The molecular weight excluding hydrogens is 288 g/mol. The molecule has 5 nitrogen and oxygen atoms in total. The number of hydrogen-bond donors (Lipinski definition) is 3. The first-order valence-electron chi connectivity index (χ1n) is 6.70. The monoisotopic (exact) mass is 310 g/mol. The van der Waals surface area contributed by atoms with Crippen LogP contribution in [0, 0.1) is 11.3 Å². The number of ether oxygens (including phenoxy) is 1. The number of thioether (sulfide) groups is 1.